The van der Waals surface area contributed by atoms with E-state index in [0.717, 1.165) is 12.0 Å². The lowest BCUT2D eigenvalue weighted by Gasteiger charge is -2.18. The van der Waals surface area contributed by atoms with Gasteiger partial charge in [0.25, 0.3) is 0 Å². The first-order chi connectivity index (χ1) is 9.54. The minimum absolute atomic E-state index is 0.0410. The average molecular weight is 269 g/mol. The maximum atomic E-state index is 12.7. The molecular formula is C17H19NO2. The fourth-order valence-corrected chi connectivity index (χ4v) is 3.67. The van der Waals surface area contributed by atoms with Crippen LogP contribution in [0, 0.1) is 30.6 Å². The molecule has 1 saturated heterocycles. The topological polar surface area (TPSA) is 37.4 Å². The summed E-state index contributed by atoms with van der Waals surface area (Å²) in [4.78, 5) is 26.7. The Bertz CT molecular complexity index is 575. The summed E-state index contributed by atoms with van der Waals surface area (Å²) in [6.45, 7) is 7.87. The second kappa shape index (κ2) is 4.58. The molecule has 1 aromatic rings. The third-order valence-corrected chi connectivity index (χ3v) is 4.71. The molecule has 1 aliphatic heterocycles. The van der Waals surface area contributed by atoms with Gasteiger partial charge in [-0.3, -0.25) is 14.5 Å². The van der Waals surface area contributed by atoms with E-state index in [1.165, 1.54) is 4.90 Å². The Morgan fingerprint density at radius 2 is 1.75 bits per heavy atom. The van der Waals surface area contributed by atoms with Crippen LogP contribution in [0.3, 0.4) is 0 Å². The molecule has 4 atom stereocenters. The maximum absolute atomic E-state index is 12.7. The number of hydrogen-bond acceptors (Lipinski definition) is 2. The molecule has 0 bridgehead atoms. The predicted octanol–water partition coefficient (Wildman–Crippen LogP) is 2.94. The van der Waals surface area contributed by atoms with E-state index in [9.17, 15) is 9.59 Å². The number of anilines is 1. The van der Waals surface area contributed by atoms with Gasteiger partial charge >= 0.3 is 0 Å². The van der Waals surface area contributed by atoms with Gasteiger partial charge in [0.15, 0.2) is 0 Å². The zero-order valence-corrected chi connectivity index (χ0v) is 11.9. The highest BCUT2D eigenvalue weighted by Gasteiger charge is 2.56. The number of fused-ring (bicyclic) bond motifs is 1. The van der Waals surface area contributed by atoms with Crippen LogP contribution in [0.15, 0.2) is 36.9 Å². The fraction of sp³-hybridized carbons (Fsp3) is 0.412. The zero-order chi connectivity index (χ0) is 14.4. The van der Waals surface area contributed by atoms with Gasteiger partial charge in [0.1, 0.15) is 0 Å². The van der Waals surface area contributed by atoms with Gasteiger partial charge in [-0.1, -0.05) is 30.7 Å². The summed E-state index contributed by atoms with van der Waals surface area (Å²) < 4.78 is 0. The SMILES string of the molecule is C=CC1CC(C)C2C(=O)N(c3ccc(C)cc3)C(=O)C12. The minimum atomic E-state index is -0.212. The highest BCUT2D eigenvalue weighted by molar-refractivity contribution is 6.22. The number of benzene rings is 1. The van der Waals surface area contributed by atoms with E-state index in [1.54, 1.807) is 0 Å². The van der Waals surface area contributed by atoms with Crippen molar-refractivity contribution in [3.8, 4) is 0 Å². The standard InChI is InChI=1S/C17H19NO2/c1-4-12-9-11(3)14-15(12)17(20)18(16(14)19)13-7-5-10(2)6-8-13/h4-8,11-12,14-15H,1,9H2,2-3H3. The predicted molar refractivity (Wildman–Crippen MR) is 78.1 cm³/mol. The lowest BCUT2D eigenvalue weighted by molar-refractivity contribution is -0.123. The third kappa shape index (κ3) is 1.73. The summed E-state index contributed by atoms with van der Waals surface area (Å²) in [5, 5.41) is 0. The second-order valence-corrected chi connectivity index (χ2v) is 6.01. The van der Waals surface area contributed by atoms with E-state index in [1.807, 2.05) is 37.3 Å². The van der Waals surface area contributed by atoms with Crippen LogP contribution in [0.1, 0.15) is 18.9 Å². The zero-order valence-electron chi connectivity index (χ0n) is 11.9. The Morgan fingerprint density at radius 3 is 2.35 bits per heavy atom. The Hall–Kier alpha value is -1.90. The van der Waals surface area contributed by atoms with Crippen LogP contribution >= 0.6 is 0 Å². The van der Waals surface area contributed by atoms with E-state index in [0.29, 0.717) is 5.69 Å². The lowest BCUT2D eigenvalue weighted by atomic mass is 9.90. The Kier molecular flexibility index (Phi) is 3.00. The highest BCUT2D eigenvalue weighted by Crippen LogP contribution is 2.48. The number of hydrogen-bond donors (Lipinski definition) is 0. The van der Waals surface area contributed by atoms with Crippen LogP contribution in [0.5, 0.6) is 0 Å². The summed E-state index contributed by atoms with van der Waals surface area (Å²) in [7, 11) is 0. The van der Waals surface area contributed by atoms with Gasteiger partial charge in [-0.15, -0.1) is 6.58 Å². The van der Waals surface area contributed by atoms with Gasteiger partial charge in [0, 0.05) is 0 Å². The first kappa shape index (κ1) is 13.1. The molecule has 3 heteroatoms. The molecule has 1 aliphatic carbocycles. The molecule has 1 heterocycles. The van der Waals surface area contributed by atoms with Crippen molar-refractivity contribution in [1.29, 1.82) is 0 Å². The Labute approximate surface area is 119 Å². The summed E-state index contributed by atoms with van der Waals surface area (Å²) in [6.07, 6.45) is 2.73. The van der Waals surface area contributed by atoms with Crippen LogP contribution in [0.2, 0.25) is 0 Å². The van der Waals surface area contributed by atoms with Gasteiger partial charge in [-0.05, 0) is 37.3 Å². The number of amides is 2. The van der Waals surface area contributed by atoms with Crippen molar-refractivity contribution in [2.24, 2.45) is 23.7 Å². The lowest BCUT2D eigenvalue weighted by Crippen LogP contribution is -2.33. The Morgan fingerprint density at radius 1 is 1.15 bits per heavy atom. The van der Waals surface area contributed by atoms with E-state index in [2.05, 4.69) is 13.5 Å². The summed E-state index contributed by atoms with van der Waals surface area (Å²) in [6, 6.07) is 7.55. The highest BCUT2D eigenvalue weighted by atomic mass is 16.2. The molecule has 20 heavy (non-hydrogen) atoms. The van der Waals surface area contributed by atoms with Crippen LogP contribution in [-0.4, -0.2) is 11.8 Å². The normalized spacial score (nSPS) is 32.6. The molecule has 4 unspecified atom stereocenters. The van der Waals surface area contributed by atoms with E-state index >= 15 is 0 Å². The van der Waals surface area contributed by atoms with Gasteiger partial charge < -0.3 is 0 Å². The van der Waals surface area contributed by atoms with E-state index in [-0.39, 0.29) is 35.5 Å². The van der Waals surface area contributed by atoms with Gasteiger partial charge in [0.2, 0.25) is 11.8 Å². The molecule has 2 fully saturated rings. The Balaban J connectivity index is 1.99. The summed E-state index contributed by atoms with van der Waals surface area (Å²) >= 11 is 0. The van der Waals surface area contributed by atoms with E-state index < -0.39 is 0 Å². The molecule has 2 aliphatic rings. The average Bonchev–Trinajstić information content (AvgIpc) is 2.89. The monoisotopic (exact) mass is 269 g/mol. The van der Waals surface area contributed by atoms with Crippen LogP contribution in [0.25, 0.3) is 0 Å². The number of carbonyl (C=O) groups excluding carboxylic acids is 2. The minimum Gasteiger partial charge on any atom is -0.274 e. The van der Waals surface area contributed by atoms with Crippen molar-refractivity contribution in [1.82, 2.24) is 0 Å². The number of allylic oxidation sites excluding steroid dienone is 1. The van der Waals surface area contributed by atoms with Crippen molar-refractivity contribution in [2.75, 3.05) is 4.90 Å². The molecule has 1 aromatic carbocycles. The molecule has 3 rings (SSSR count). The van der Waals surface area contributed by atoms with Crippen LogP contribution in [0.4, 0.5) is 5.69 Å². The van der Waals surface area contributed by atoms with Crippen molar-refractivity contribution in [2.45, 2.75) is 20.3 Å². The number of imide groups is 1. The smallest absolute Gasteiger partial charge is 0.238 e. The molecular weight excluding hydrogens is 250 g/mol. The number of rotatable bonds is 2. The van der Waals surface area contributed by atoms with E-state index in [4.69, 9.17) is 0 Å². The number of carbonyl (C=O) groups is 2. The molecule has 0 spiro atoms. The molecule has 0 radical (unpaired) electrons. The molecule has 104 valence electrons. The first-order valence-electron chi connectivity index (χ1n) is 7.11. The van der Waals surface area contributed by atoms with Crippen molar-refractivity contribution in [3.63, 3.8) is 0 Å². The summed E-state index contributed by atoms with van der Waals surface area (Å²) in [5.41, 5.74) is 1.81. The first-order valence-corrected chi connectivity index (χ1v) is 7.11. The fourth-order valence-electron chi connectivity index (χ4n) is 3.67. The molecule has 2 amide bonds. The molecule has 3 nitrogen and oxygen atoms in total. The maximum Gasteiger partial charge on any atom is 0.238 e. The van der Waals surface area contributed by atoms with Gasteiger partial charge in [-0.2, -0.15) is 0 Å². The van der Waals surface area contributed by atoms with Gasteiger partial charge in [-0.25, -0.2) is 0 Å². The quantitative estimate of drug-likeness (QED) is 0.611. The van der Waals surface area contributed by atoms with Crippen LogP contribution < -0.4 is 4.90 Å². The summed E-state index contributed by atoms with van der Waals surface area (Å²) in [5.74, 6) is -0.112. The van der Waals surface area contributed by atoms with Crippen molar-refractivity contribution < 1.29 is 9.59 Å². The largest absolute Gasteiger partial charge is 0.274 e. The third-order valence-electron chi connectivity index (χ3n) is 4.71. The molecule has 0 aromatic heterocycles. The second-order valence-electron chi connectivity index (χ2n) is 6.01. The molecule has 0 N–H and O–H groups in total. The number of aryl methyl sites for hydroxylation is 1. The van der Waals surface area contributed by atoms with Crippen molar-refractivity contribution >= 4 is 17.5 Å². The van der Waals surface area contributed by atoms with Crippen LogP contribution in [-0.2, 0) is 9.59 Å². The number of nitrogens with zero attached hydrogens (tertiary/aromatic N) is 1. The molecule has 1 saturated carbocycles. The van der Waals surface area contributed by atoms with Crippen molar-refractivity contribution in [3.05, 3.63) is 42.5 Å². The van der Waals surface area contributed by atoms with Gasteiger partial charge in [0.05, 0.1) is 17.5 Å².